The van der Waals surface area contributed by atoms with Crippen molar-refractivity contribution in [3.63, 3.8) is 0 Å². The standard InChI is InChI=1S/C12H21N5O2/c1-3-11(9-6-10(18)7-9)13-12(19)4-5-17-8(2)14-15-16-17/h9-11,18H,3-7H2,1-2H3,(H,13,19). The van der Waals surface area contributed by atoms with Crippen molar-refractivity contribution in [3.8, 4) is 0 Å². The van der Waals surface area contributed by atoms with Crippen LogP contribution < -0.4 is 5.32 Å². The molecule has 1 aromatic heterocycles. The molecule has 0 radical (unpaired) electrons. The van der Waals surface area contributed by atoms with Gasteiger partial charge in [0.2, 0.25) is 5.91 Å². The van der Waals surface area contributed by atoms with Crippen LogP contribution >= 0.6 is 0 Å². The van der Waals surface area contributed by atoms with E-state index in [0.717, 1.165) is 19.3 Å². The highest BCUT2D eigenvalue weighted by atomic mass is 16.3. The summed E-state index contributed by atoms with van der Waals surface area (Å²) in [5, 5.41) is 23.5. The van der Waals surface area contributed by atoms with Gasteiger partial charge in [0.05, 0.1) is 12.6 Å². The Balaban J connectivity index is 1.75. The lowest BCUT2D eigenvalue weighted by Crippen LogP contribution is -2.46. The van der Waals surface area contributed by atoms with E-state index in [1.54, 1.807) is 4.68 Å². The number of carbonyl (C=O) groups excluding carboxylic acids is 1. The molecule has 106 valence electrons. The number of nitrogens with zero attached hydrogens (tertiary/aromatic N) is 4. The van der Waals surface area contributed by atoms with E-state index in [-0.39, 0.29) is 18.1 Å². The van der Waals surface area contributed by atoms with Gasteiger partial charge in [-0.05, 0) is 42.5 Å². The minimum absolute atomic E-state index is 0.0168. The van der Waals surface area contributed by atoms with Gasteiger partial charge in [0.25, 0.3) is 0 Å². The first-order valence-corrected chi connectivity index (χ1v) is 6.80. The summed E-state index contributed by atoms with van der Waals surface area (Å²) < 4.78 is 1.62. The van der Waals surface area contributed by atoms with Crippen molar-refractivity contribution >= 4 is 5.91 Å². The van der Waals surface area contributed by atoms with Crippen LogP contribution in [-0.4, -0.2) is 43.4 Å². The van der Waals surface area contributed by atoms with Gasteiger partial charge in [0, 0.05) is 12.5 Å². The number of rotatable bonds is 6. The summed E-state index contributed by atoms with van der Waals surface area (Å²) in [4.78, 5) is 11.9. The topological polar surface area (TPSA) is 92.9 Å². The van der Waals surface area contributed by atoms with E-state index in [0.29, 0.717) is 24.7 Å². The van der Waals surface area contributed by atoms with Crippen LogP contribution in [-0.2, 0) is 11.3 Å². The summed E-state index contributed by atoms with van der Waals surface area (Å²) in [6.07, 6.45) is 2.68. The van der Waals surface area contributed by atoms with Crippen LogP contribution in [0.15, 0.2) is 0 Å². The van der Waals surface area contributed by atoms with Gasteiger partial charge < -0.3 is 10.4 Å². The van der Waals surface area contributed by atoms with E-state index in [1.165, 1.54) is 0 Å². The monoisotopic (exact) mass is 267 g/mol. The fourth-order valence-electron chi connectivity index (χ4n) is 2.45. The van der Waals surface area contributed by atoms with Crippen molar-refractivity contribution in [2.75, 3.05) is 0 Å². The Morgan fingerprint density at radius 1 is 1.58 bits per heavy atom. The molecule has 7 nitrogen and oxygen atoms in total. The molecule has 1 unspecified atom stereocenters. The van der Waals surface area contributed by atoms with Crippen molar-refractivity contribution in [1.82, 2.24) is 25.5 Å². The molecule has 1 aliphatic carbocycles. The fourth-order valence-corrected chi connectivity index (χ4v) is 2.45. The Labute approximate surface area is 112 Å². The summed E-state index contributed by atoms with van der Waals surface area (Å²) in [6.45, 7) is 4.36. The number of aryl methyl sites for hydroxylation is 2. The molecule has 0 saturated heterocycles. The molecule has 2 rings (SSSR count). The number of amides is 1. The van der Waals surface area contributed by atoms with E-state index >= 15 is 0 Å². The normalized spacial score (nSPS) is 23.7. The molecule has 7 heteroatoms. The lowest BCUT2D eigenvalue weighted by molar-refractivity contribution is -0.123. The van der Waals surface area contributed by atoms with Crippen LogP contribution in [0.3, 0.4) is 0 Å². The van der Waals surface area contributed by atoms with Crippen molar-refractivity contribution < 1.29 is 9.90 Å². The third kappa shape index (κ3) is 3.50. The van der Waals surface area contributed by atoms with Crippen LogP contribution in [0.4, 0.5) is 0 Å². The summed E-state index contributed by atoms with van der Waals surface area (Å²) in [5.74, 6) is 1.14. The summed E-state index contributed by atoms with van der Waals surface area (Å²) in [7, 11) is 0. The maximum atomic E-state index is 11.9. The number of hydrogen-bond donors (Lipinski definition) is 2. The zero-order chi connectivity index (χ0) is 13.8. The number of aliphatic hydroxyl groups excluding tert-OH is 1. The van der Waals surface area contributed by atoms with Gasteiger partial charge in [-0.1, -0.05) is 6.92 Å². The maximum absolute atomic E-state index is 11.9. The number of aliphatic hydroxyl groups is 1. The summed E-state index contributed by atoms with van der Waals surface area (Å²) in [6, 6.07) is 0.172. The highest BCUT2D eigenvalue weighted by molar-refractivity contribution is 5.76. The molecule has 1 heterocycles. The lowest BCUT2D eigenvalue weighted by Gasteiger charge is -2.37. The lowest BCUT2D eigenvalue weighted by atomic mass is 9.76. The van der Waals surface area contributed by atoms with E-state index in [4.69, 9.17) is 0 Å². The van der Waals surface area contributed by atoms with Crippen LogP contribution in [0.25, 0.3) is 0 Å². The number of tetrazole rings is 1. The second-order valence-corrected chi connectivity index (χ2v) is 5.17. The molecule has 1 fully saturated rings. The second-order valence-electron chi connectivity index (χ2n) is 5.17. The number of carbonyl (C=O) groups is 1. The van der Waals surface area contributed by atoms with Gasteiger partial charge in [-0.15, -0.1) is 5.10 Å². The van der Waals surface area contributed by atoms with Crippen molar-refractivity contribution in [1.29, 1.82) is 0 Å². The minimum atomic E-state index is -0.181. The Morgan fingerprint density at radius 3 is 2.84 bits per heavy atom. The largest absolute Gasteiger partial charge is 0.393 e. The quantitative estimate of drug-likeness (QED) is 0.759. The minimum Gasteiger partial charge on any atom is -0.393 e. The van der Waals surface area contributed by atoms with Gasteiger partial charge in [-0.25, -0.2) is 4.68 Å². The molecular formula is C12H21N5O2. The molecule has 1 saturated carbocycles. The Hall–Kier alpha value is -1.50. The SMILES string of the molecule is CCC(NC(=O)CCn1nnnc1C)C1CC(O)C1. The van der Waals surface area contributed by atoms with Crippen LogP contribution in [0.2, 0.25) is 0 Å². The number of aromatic nitrogens is 4. The maximum Gasteiger partial charge on any atom is 0.222 e. The molecule has 0 aliphatic heterocycles. The number of nitrogens with one attached hydrogen (secondary N) is 1. The zero-order valence-corrected chi connectivity index (χ0v) is 11.4. The summed E-state index contributed by atoms with van der Waals surface area (Å²) in [5.41, 5.74) is 0. The number of hydrogen-bond acceptors (Lipinski definition) is 5. The third-order valence-corrected chi connectivity index (χ3v) is 3.77. The first-order chi connectivity index (χ1) is 9.10. The van der Waals surface area contributed by atoms with Gasteiger partial charge in [0.1, 0.15) is 5.82 Å². The highest BCUT2D eigenvalue weighted by Crippen LogP contribution is 2.31. The predicted octanol–water partition coefficient (Wildman–Crippen LogP) is 0.0373. The van der Waals surface area contributed by atoms with E-state index in [2.05, 4.69) is 27.8 Å². The van der Waals surface area contributed by atoms with Gasteiger partial charge in [-0.3, -0.25) is 4.79 Å². The average Bonchev–Trinajstić information content (AvgIpc) is 2.75. The van der Waals surface area contributed by atoms with Crippen LogP contribution in [0, 0.1) is 12.8 Å². The van der Waals surface area contributed by atoms with Gasteiger partial charge in [-0.2, -0.15) is 0 Å². The fraction of sp³-hybridized carbons (Fsp3) is 0.833. The first kappa shape index (κ1) is 13.9. The van der Waals surface area contributed by atoms with Gasteiger partial charge >= 0.3 is 0 Å². The van der Waals surface area contributed by atoms with E-state index < -0.39 is 0 Å². The molecule has 2 N–H and O–H groups in total. The molecule has 1 atom stereocenters. The van der Waals surface area contributed by atoms with Crippen LogP contribution in [0.1, 0.15) is 38.4 Å². The van der Waals surface area contributed by atoms with Crippen LogP contribution in [0.5, 0.6) is 0 Å². The van der Waals surface area contributed by atoms with Crippen molar-refractivity contribution in [2.45, 2.75) is 58.2 Å². The zero-order valence-electron chi connectivity index (χ0n) is 11.4. The third-order valence-electron chi connectivity index (χ3n) is 3.77. The smallest absolute Gasteiger partial charge is 0.222 e. The molecule has 0 spiro atoms. The first-order valence-electron chi connectivity index (χ1n) is 6.80. The second kappa shape index (κ2) is 6.10. The Morgan fingerprint density at radius 2 is 2.32 bits per heavy atom. The molecular weight excluding hydrogens is 246 g/mol. The molecule has 1 amide bonds. The molecule has 0 aromatic carbocycles. The van der Waals surface area contributed by atoms with Crippen molar-refractivity contribution in [2.24, 2.45) is 5.92 Å². The highest BCUT2D eigenvalue weighted by Gasteiger charge is 2.33. The summed E-state index contributed by atoms with van der Waals surface area (Å²) >= 11 is 0. The van der Waals surface area contributed by atoms with E-state index in [1.807, 2.05) is 6.92 Å². The molecule has 1 aliphatic rings. The Kier molecular flexibility index (Phi) is 4.47. The van der Waals surface area contributed by atoms with E-state index in [9.17, 15) is 9.90 Å². The predicted molar refractivity (Wildman–Crippen MR) is 68.1 cm³/mol. The molecule has 19 heavy (non-hydrogen) atoms. The van der Waals surface area contributed by atoms with Crippen molar-refractivity contribution in [3.05, 3.63) is 5.82 Å². The molecule has 0 bridgehead atoms. The van der Waals surface area contributed by atoms with Gasteiger partial charge in [0.15, 0.2) is 0 Å². The Bertz CT molecular complexity index is 428. The molecule has 1 aromatic rings. The average molecular weight is 267 g/mol.